The van der Waals surface area contributed by atoms with E-state index in [9.17, 15) is 0 Å². The molecule has 184 valence electrons. The van der Waals surface area contributed by atoms with Gasteiger partial charge in [0.2, 0.25) is 0 Å². The van der Waals surface area contributed by atoms with Gasteiger partial charge in [0.25, 0.3) is 0 Å². The predicted molar refractivity (Wildman–Crippen MR) is 143 cm³/mol. The van der Waals surface area contributed by atoms with Gasteiger partial charge >= 0.3 is 0 Å². The van der Waals surface area contributed by atoms with Gasteiger partial charge in [0.05, 0.1) is 0 Å². The van der Waals surface area contributed by atoms with Crippen LogP contribution >= 0.6 is 0 Å². The van der Waals surface area contributed by atoms with Crippen molar-refractivity contribution in [2.75, 3.05) is 0 Å². The molecule has 3 fully saturated rings. The number of allylic oxidation sites excluding steroid dienone is 3. The second-order valence-corrected chi connectivity index (χ2v) is 12.0. The number of rotatable bonds is 13. The summed E-state index contributed by atoms with van der Waals surface area (Å²) < 4.78 is 0. The minimum absolute atomic E-state index is 0.796. The summed E-state index contributed by atoms with van der Waals surface area (Å²) in [5, 5.41) is 0. The number of hydrogen-bond acceptors (Lipinski definition) is 0. The standard InChI is InChI=1S/C32H56/c1-3-5-6-7-8-9-12-29-19-23-31(24-20-29)32-25-21-30(22-26-32)14-11-10-13-28-17-15-27(4-2)16-18-28/h4,10,13,27-32H,2-3,5-9,11-12,14-26H2,1H3/b13-10+/t27-,28-,29-,30?,31-,32?. The van der Waals surface area contributed by atoms with Crippen LogP contribution in [-0.2, 0) is 0 Å². The molecule has 0 atom stereocenters. The molecule has 3 aliphatic rings. The molecule has 0 aliphatic heterocycles. The third kappa shape index (κ3) is 9.38. The van der Waals surface area contributed by atoms with Crippen LogP contribution in [0.1, 0.15) is 142 Å². The van der Waals surface area contributed by atoms with Gasteiger partial charge in [-0.2, -0.15) is 0 Å². The van der Waals surface area contributed by atoms with Gasteiger partial charge in [0.1, 0.15) is 0 Å². The Hall–Kier alpha value is -0.520. The lowest BCUT2D eigenvalue weighted by atomic mass is 9.68. The zero-order valence-electron chi connectivity index (χ0n) is 21.8. The van der Waals surface area contributed by atoms with Crippen molar-refractivity contribution < 1.29 is 0 Å². The van der Waals surface area contributed by atoms with Crippen LogP contribution in [0.25, 0.3) is 0 Å². The van der Waals surface area contributed by atoms with Gasteiger partial charge in [-0.1, -0.05) is 95.8 Å². The van der Waals surface area contributed by atoms with Crippen LogP contribution in [0.5, 0.6) is 0 Å². The fourth-order valence-corrected chi connectivity index (χ4v) is 7.30. The maximum absolute atomic E-state index is 3.98. The van der Waals surface area contributed by atoms with Crippen molar-refractivity contribution in [3.63, 3.8) is 0 Å². The molecule has 0 radical (unpaired) electrons. The minimum atomic E-state index is 0.796. The van der Waals surface area contributed by atoms with E-state index in [2.05, 4.69) is 31.7 Å². The zero-order chi connectivity index (χ0) is 22.4. The van der Waals surface area contributed by atoms with Crippen molar-refractivity contribution in [3.8, 4) is 0 Å². The van der Waals surface area contributed by atoms with E-state index in [1.54, 1.807) is 38.5 Å². The molecule has 0 heteroatoms. The molecule has 0 saturated heterocycles. The van der Waals surface area contributed by atoms with Gasteiger partial charge in [0, 0.05) is 0 Å². The van der Waals surface area contributed by atoms with Crippen LogP contribution in [-0.4, -0.2) is 0 Å². The summed E-state index contributed by atoms with van der Waals surface area (Å²) in [4.78, 5) is 0. The van der Waals surface area contributed by atoms with Crippen LogP contribution in [0.15, 0.2) is 24.8 Å². The molecule has 3 rings (SSSR count). The molecule has 0 aromatic rings. The Bertz CT molecular complexity index is 492. The van der Waals surface area contributed by atoms with E-state index in [0.717, 1.165) is 35.5 Å². The van der Waals surface area contributed by atoms with E-state index in [1.807, 2.05) is 0 Å². The molecule has 0 spiro atoms. The van der Waals surface area contributed by atoms with Gasteiger partial charge in [-0.25, -0.2) is 0 Å². The highest BCUT2D eigenvalue weighted by Gasteiger charge is 2.30. The summed E-state index contributed by atoms with van der Waals surface area (Å²) in [6.45, 7) is 6.30. The summed E-state index contributed by atoms with van der Waals surface area (Å²) >= 11 is 0. The lowest BCUT2D eigenvalue weighted by Crippen LogP contribution is -2.25. The molecule has 0 unspecified atom stereocenters. The van der Waals surface area contributed by atoms with E-state index >= 15 is 0 Å². The van der Waals surface area contributed by atoms with E-state index < -0.39 is 0 Å². The smallest absolute Gasteiger partial charge is 0.0233 e. The monoisotopic (exact) mass is 440 g/mol. The largest absolute Gasteiger partial charge is 0.103 e. The fourth-order valence-electron chi connectivity index (χ4n) is 7.30. The van der Waals surface area contributed by atoms with Gasteiger partial charge in [0.15, 0.2) is 0 Å². The molecule has 0 aromatic carbocycles. The van der Waals surface area contributed by atoms with E-state index in [4.69, 9.17) is 0 Å². The third-order valence-electron chi connectivity index (χ3n) is 9.72. The Morgan fingerprint density at radius 2 is 1.12 bits per heavy atom. The Kier molecular flexibility index (Phi) is 12.6. The highest BCUT2D eigenvalue weighted by atomic mass is 14.4. The normalized spacial score (nSPS) is 34.0. The second kappa shape index (κ2) is 15.4. The summed E-state index contributed by atoms with van der Waals surface area (Å²) in [5.41, 5.74) is 0. The minimum Gasteiger partial charge on any atom is -0.103 e. The van der Waals surface area contributed by atoms with Crippen molar-refractivity contribution in [2.45, 2.75) is 142 Å². The third-order valence-corrected chi connectivity index (χ3v) is 9.72. The summed E-state index contributed by atoms with van der Waals surface area (Å²) in [5.74, 6) is 5.92. The average molecular weight is 441 g/mol. The quantitative estimate of drug-likeness (QED) is 0.197. The second-order valence-electron chi connectivity index (χ2n) is 12.0. The molecule has 0 N–H and O–H groups in total. The van der Waals surface area contributed by atoms with Crippen LogP contribution in [0.3, 0.4) is 0 Å². The van der Waals surface area contributed by atoms with Crippen molar-refractivity contribution in [3.05, 3.63) is 24.8 Å². The molecule has 0 aromatic heterocycles. The van der Waals surface area contributed by atoms with Crippen molar-refractivity contribution in [1.29, 1.82) is 0 Å². The van der Waals surface area contributed by atoms with Crippen molar-refractivity contribution >= 4 is 0 Å². The molecule has 3 aliphatic carbocycles. The highest BCUT2D eigenvalue weighted by Crippen LogP contribution is 2.43. The first-order chi connectivity index (χ1) is 15.8. The summed E-state index contributed by atoms with van der Waals surface area (Å²) in [7, 11) is 0. The zero-order valence-corrected chi connectivity index (χ0v) is 21.8. The molecular formula is C32H56. The summed E-state index contributed by atoms with van der Waals surface area (Å²) in [6, 6.07) is 0. The maximum Gasteiger partial charge on any atom is -0.0233 e. The van der Waals surface area contributed by atoms with Crippen LogP contribution in [0, 0.1) is 35.5 Å². The van der Waals surface area contributed by atoms with Crippen LogP contribution < -0.4 is 0 Å². The molecule has 32 heavy (non-hydrogen) atoms. The highest BCUT2D eigenvalue weighted by molar-refractivity contribution is 4.94. The Labute approximate surface area is 202 Å². The first kappa shape index (κ1) is 26.1. The first-order valence-corrected chi connectivity index (χ1v) is 15.1. The Morgan fingerprint density at radius 1 is 0.594 bits per heavy atom. The molecule has 0 amide bonds. The molecule has 3 saturated carbocycles. The average Bonchev–Trinajstić information content (AvgIpc) is 2.85. The van der Waals surface area contributed by atoms with E-state index in [1.165, 1.54) is 96.3 Å². The summed E-state index contributed by atoms with van der Waals surface area (Å²) in [6.07, 6.45) is 38.3. The van der Waals surface area contributed by atoms with Gasteiger partial charge in [-0.3, -0.25) is 0 Å². The van der Waals surface area contributed by atoms with Gasteiger partial charge in [-0.05, 0) is 99.7 Å². The van der Waals surface area contributed by atoms with E-state index in [0.29, 0.717) is 0 Å². The van der Waals surface area contributed by atoms with Gasteiger partial charge < -0.3 is 0 Å². The van der Waals surface area contributed by atoms with Crippen LogP contribution in [0.4, 0.5) is 0 Å². The number of hydrogen-bond donors (Lipinski definition) is 0. The Morgan fingerprint density at radius 3 is 1.72 bits per heavy atom. The first-order valence-electron chi connectivity index (χ1n) is 15.1. The topological polar surface area (TPSA) is 0 Å². The Balaban J connectivity index is 1.20. The lowest BCUT2D eigenvalue weighted by Gasteiger charge is -2.38. The van der Waals surface area contributed by atoms with E-state index in [-0.39, 0.29) is 0 Å². The number of unbranched alkanes of at least 4 members (excludes halogenated alkanes) is 5. The predicted octanol–water partition coefficient (Wildman–Crippen LogP) is 10.7. The van der Waals surface area contributed by atoms with Gasteiger partial charge in [-0.15, -0.1) is 6.58 Å². The SMILES string of the molecule is C=C[C@H]1CC[C@H](/C=C/CCC2CCC([C@H]3CC[C@H](CCCCCCCC)CC3)CC2)CC1. The molecule has 0 heterocycles. The molecule has 0 nitrogen and oxygen atoms in total. The fraction of sp³-hybridized carbons (Fsp3) is 0.875. The molecular weight excluding hydrogens is 384 g/mol. The van der Waals surface area contributed by atoms with Crippen molar-refractivity contribution in [1.82, 2.24) is 0 Å². The van der Waals surface area contributed by atoms with Crippen molar-refractivity contribution in [2.24, 2.45) is 35.5 Å². The van der Waals surface area contributed by atoms with Crippen LogP contribution in [0.2, 0.25) is 0 Å². The molecule has 0 bridgehead atoms. The lowest BCUT2D eigenvalue weighted by molar-refractivity contribution is 0.140. The maximum atomic E-state index is 3.98.